The van der Waals surface area contributed by atoms with Crippen LogP contribution in [0.25, 0.3) is 20.9 Å². The highest BCUT2D eigenvalue weighted by atomic mass is 32.2. The van der Waals surface area contributed by atoms with E-state index in [0.29, 0.717) is 17.8 Å². The molecule has 0 saturated heterocycles. The predicted octanol–water partition coefficient (Wildman–Crippen LogP) is 4.36. The highest BCUT2D eigenvalue weighted by molar-refractivity contribution is 7.92. The van der Waals surface area contributed by atoms with Crippen molar-refractivity contribution < 1.29 is 18.3 Å². The van der Waals surface area contributed by atoms with Gasteiger partial charge in [0.15, 0.2) is 5.03 Å². The number of rotatable bonds is 6. The molecule has 1 aliphatic rings. The molecule has 7 nitrogen and oxygen atoms in total. The second-order valence-electron chi connectivity index (χ2n) is 8.00. The molecular formula is C25H21N3O4S2. The number of amides is 1. The number of aromatic nitrogens is 1. The van der Waals surface area contributed by atoms with Gasteiger partial charge in [-0.15, -0.1) is 11.3 Å². The minimum absolute atomic E-state index is 0.0399. The molecule has 4 aromatic rings. The Labute approximate surface area is 201 Å². The number of carbonyl (C=O) groups excluding carboxylic acids is 1. The van der Waals surface area contributed by atoms with Gasteiger partial charge in [-0.05, 0) is 59.2 Å². The Balaban J connectivity index is 1.46. The van der Waals surface area contributed by atoms with Gasteiger partial charge in [0.05, 0.1) is 12.3 Å². The SMILES string of the molecule is CN1Cc2cc(-c3ccc(-c4ccc(CO)c(NS(=O)(=O)c5ccccn5)c4)s3)ccc2C1=O. The fraction of sp³-hybridized carbons (Fsp3) is 0.120. The van der Waals surface area contributed by atoms with Crippen molar-refractivity contribution in [2.75, 3.05) is 11.8 Å². The zero-order valence-corrected chi connectivity index (χ0v) is 19.9. The third-order valence-corrected chi connectivity index (χ3v) is 8.17. The minimum Gasteiger partial charge on any atom is -0.392 e. The Bertz CT molecular complexity index is 1500. The van der Waals surface area contributed by atoms with E-state index in [1.807, 2.05) is 36.4 Å². The lowest BCUT2D eigenvalue weighted by Gasteiger charge is -2.12. The van der Waals surface area contributed by atoms with Crippen molar-refractivity contribution in [1.82, 2.24) is 9.88 Å². The van der Waals surface area contributed by atoms with Gasteiger partial charge in [-0.3, -0.25) is 9.52 Å². The molecule has 0 unspecified atom stereocenters. The van der Waals surface area contributed by atoms with Gasteiger partial charge >= 0.3 is 0 Å². The quantitative estimate of drug-likeness (QED) is 0.418. The van der Waals surface area contributed by atoms with Crippen LogP contribution in [0, 0.1) is 0 Å². The summed E-state index contributed by atoms with van der Waals surface area (Å²) in [4.78, 5) is 19.8. The molecule has 1 amide bonds. The molecule has 2 N–H and O–H groups in total. The second kappa shape index (κ2) is 8.68. The molecule has 2 aromatic carbocycles. The first-order valence-electron chi connectivity index (χ1n) is 10.5. The number of pyridine rings is 1. The zero-order valence-electron chi connectivity index (χ0n) is 18.2. The van der Waals surface area contributed by atoms with Gasteiger partial charge < -0.3 is 10.0 Å². The third kappa shape index (κ3) is 4.09. The van der Waals surface area contributed by atoms with Crippen molar-refractivity contribution in [2.24, 2.45) is 0 Å². The number of anilines is 1. The monoisotopic (exact) mass is 491 g/mol. The first kappa shape index (κ1) is 22.3. The van der Waals surface area contributed by atoms with Crippen LogP contribution in [0.5, 0.6) is 0 Å². The van der Waals surface area contributed by atoms with E-state index in [0.717, 1.165) is 32.0 Å². The maximum absolute atomic E-state index is 12.8. The van der Waals surface area contributed by atoms with Gasteiger partial charge in [0.1, 0.15) is 0 Å². The Morgan fingerprint density at radius 2 is 1.76 bits per heavy atom. The first-order valence-corrected chi connectivity index (χ1v) is 12.8. The number of aliphatic hydroxyl groups is 1. The Morgan fingerprint density at radius 1 is 1.03 bits per heavy atom. The van der Waals surface area contributed by atoms with Crippen molar-refractivity contribution in [3.63, 3.8) is 0 Å². The van der Waals surface area contributed by atoms with Crippen LogP contribution in [-0.2, 0) is 23.2 Å². The van der Waals surface area contributed by atoms with Gasteiger partial charge in [-0.25, -0.2) is 4.98 Å². The summed E-state index contributed by atoms with van der Waals surface area (Å²) in [5.74, 6) is 0.0399. The molecule has 34 heavy (non-hydrogen) atoms. The van der Waals surface area contributed by atoms with Gasteiger partial charge in [0, 0.05) is 40.7 Å². The lowest BCUT2D eigenvalue weighted by molar-refractivity contribution is 0.0816. The van der Waals surface area contributed by atoms with E-state index in [1.54, 1.807) is 47.5 Å². The summed E-state index contributed by atoms with van der Waals surface area (Å²) in [5.41, 5.74) is 4.38. The maximum atomic E-state index is 12.8. The molecule has 3 heterocycles. The minimum atomic E-state index is -3.90. The smallest absolute Gasteiger partial charge is 0.279 e. The zero-order chi connectivity index (χ0) is 23.9. The van der Waals surface area contributed by atoms with Gasteiger partial charge in [-0.2, -0.15) is 8.42 Å². The molecule has 5 rings (SSSR count). The van der Waals surface area contributed by atoms with Crippen LogP contribution >= 0.6 is 11.3 Å². The summed E-state index contributed by atoms with van der Waals surface area (Å²) in [7, 11) is -2.11. The molecule has 1 aliphatic heterocycles. The van der Waals surface area contributed by atoms with E-state index in [4.69, 9.17) is 0 Å². The molecule has 0 bridgehead atoms. The van der Waals surface area contributed by atoms with E-state index < -0.39 is 10.0 Å². The standard InChI is InChI=1S/C25H21N3O4S2/c1-28-14-19-12-16(7-8-20(19)25(28)30)22-9-10-23(33-22)17-5-6-18(15-29)21(13-17)27-34(31,32)24-4-2-3-11-26-24/h2-13,27,29H,14-15H2,1H3. The highest BCUT2D eigenvalue weighted by Gasteiger charge is 2.24. The summed E-state index contributed by atoms with van der Waals surface area (Å²) >= 11 is 1.57. The van der Waals surface area contributed by atoms with E-state index in [-0.39, 0.29) is 17.5 Å². The molecule has 0 aliphatic carbocycles. The number of aliphatic hydroxyl groups excluding tert-OH is 1. The Morgan fingerprint density at radius 3 is 2.47 bits per heavy atom. The third-order valence-electron chi connectivity index (χ3n) is 5.70. The number of sulfonamides is 1. The number of benzene rings is 2. The fourth-order valence-corrected chi connectivity index (χ4v) is 5.97. The maximum Gasteiger partial charge on any atom is 0.279 e. The van der Waals surface area contributed by atoms with E-state index in [9.17, 15) is 18.3 Å². The van der Waals surface area contributed by atoms with Crippen LogP contribution in [0.15, 0.2) is 78.0 Å². The van der Waals surface area contributed by atoms with E-state index in [2.05, 4.69) is 9.71 Å². The first-order chi connectivity index (χ1) is 16.4. The Hall–Kier alpha value is -3.53. The summed E-state index contributed by atoms with van der Waals surface area (Å²) in [6, 6.07) is 19.8. The summed E-state index contributed by atoms with van der Waals surface area (Å²) in [6.45, 7) is 0.293. The predicted molar refractivity (Wildman–Crippen MR) is 132 cm³/mol. The number of nitrogens with one attached hydrogen (secondary N) is 1. The molecular weight excluding hydrogens is 470 g/mol. The molecule has 2 aromatic heterocycles. The summed E-state index contributed by atoms with van der Waals surface area (Å²) in [5, 5.41) is 9.64. The average molecular weight is 492 g/mol. The molecule has 0 radical (unpaired) electrons. The van der Waals surface area contributed by atoms with Crippen molar-refractivity contribution in [3.05, 3.63) is 89.6 Å². The van der Waals surface area contributed by atoms with Crippen LogP contribution in [0.4, 0.5) is 5.69 Å². The van der Waals surface area contributed by atoms with Crippen molar-refractivity contribution in [2.45, 2.75) is 18.2 Å². The number of hydrogen-bond donors (Lipinski definition) is 2. The van der Waals surface area contributed by atoms with Crippen LogP contribution in [0.2, 0.25) is 0 Å². The number of thiophene rings is 1. The van der Waals surface area contributed by atoms with Gasteiger partial charge in [0.2, 0.25) is 0 Å². The second-order valence-corrected chi connectivity index (χ2v) is 10.7. The van der Waals surface area contributed by atoms with Gasteiger partial charge in [0.25, 0.3) is 15.9 Å². The van der Waals surface area contributed by atoms with E-state index in [1.165, 1.54) is 12.3 Å². The van der Waals surface area contributed by atoms with E-state index >= 15 is 0 Å². The van der Waals surface area contributed by atoms with Crippen LogP contribution < -0.4 is 4.72 Å². The number of hydrogen-bond acceptors (Lipinski definition) is 6. The molecule has 172 valence electrons. The van der Waals surface area contributed by atoms with Crippen molar-refractivity contribution in [3.8, 4) is 20.9 Å². The summed E-state index contributed by atoms with van der Waals surface area (Å²) < 4.78 is 28.1. The largest absolute Gasteiger partial charge is 0.392 e. The number of carbonyl (C=O) groups is 1. The molecule has 0 spiro atoms. The van der Waals surface area contributed by atoms with Crippen LogP contribution in [-0.4, -0.2) is 36.4 Å². The normalized spacial score (nSPS) is 13.2. The van der Waals surface area contributed by atoms with Crippen molar-refractivity contribution >= 4 is 33.0 Å². The number of nitrogens with zero attached hydrogens (tertiary/aromatic N) is 2. The average Bonchev–Trinajstić information content (AvgIpc) is 3.44. The lowest BCUT2D eigenvalue weighted by atomic mass is 10.1. The van der Waals surface area contributed by atoms with Gasteiger partial charge in [-0.1, -0.05) is 24.3 Å². The molecule has 0 atom stereocenters. The topological polar surface area (TPSA) is 99.6 Å². The molecule has 9 heteroatoms. The fourth-order valence-electron chi connectivity index (χ4n) is 3.93. The molecule has 0 fully saturated rings. The van der Waals surface area contributed by atoms with Crippen LogP contribution in [0.1, 0.15) is 21.5 Å². The van der Waals surface area contributed by atoms with Crippen molar-refractivity contribution in [1.29, 1.82) is 0 Å². The number of fused-ring (bicyclic) bond motifs is 1. The molecule has 0 saturated carbocycles. The van der Waals surface area contributed by atoms with Crippen LogP contribution in [0.3, 0.4) is 0 Å². The highest BCUT2D eigenvalue weighted by Crippen LogP contribution is 2.37. The lowest BCUT2D eigenvalue weighted by Crippen LogP contribution is -2.17. The summed E-state index contributed by atoms with van der Waals surface area (Å²) in [6.07, 6.45) is 1.41. The Kier molecular flexibility index (Phi) is 5.68.